The molecule has 106 valence electrons. The van der Waals surface area contributed by atoms with E-state index in [0.29, 0.717) is 17.8 Å². The van der Waals surface area contributed by atoms with Crippen LogP contribution in [0.2, 0.25) is 0 Å². The molecule has 0 N–H and O–H groups in total. The standard InChI is InChI=1S/C14H22ClN3O/c1-11-16-13(10-14(17-11)19-2)18(9-8-15)12-6-4-3-5-7-12/h10,12H,3-9H2,1-2H3. The van der Waals surface area contributed by atoms with E-state index >= 15 is 0 Å². The summed E-state index contributed by atoms with van der Waals surface area (Å²) >= 11 is 5.96. The predicted molar refractivity (Wildman–Crippen MR) is 78.3 cm³/mol. The first-order valence-electron chi connectivity index (χ1n) is 6.97. The number of halogens is 1. The van der Waals surface area contributed by atoms with Crippen molar-refractivity contribution >= 4 is 17.4 Å². The summed E-state index contributed by atoms with van der Waals surface area (Å²) in [6.45, 7) is 2.72. The highest BCUT2D eigenvalue weighted by Crippen LogP contribution is 2.27. The Morgan fingerprint density at radius 1 is 1.32 bits per heavy atom. The first kappa shape index (κ1) is 14.4. The van der Waals surface area contributed by atoms with Crippen molar-refractivity contribution in [2.75, 3.05) is 24.4 Å². The van der Waals surface area contributed by atoms with Gasteiger partial charge in [0.25, 0.3) is 0 Å². The van der Waals surface area contributed by atoms with Crippen LogP contribution in [-0.2, 0) is 0 Å². The summed E-state index contributed by atoms with van der Waals surface area (Å²) in [5, 5.41) is 0. The highest BCUT2D eigenvalue weighted by atomic mass is 35.5. The molecule has 1 aromatic heterocycles. The number of rotatable bonds is 5. The van der Waals surface area contributed by atoms with Crippen molar-refractivity contribution in [2.45, 2.75) is 45.1 Å². The molecule has 2 rings (SSSR count). The molecule has 0 radical (unpaired) electrons. The lowest BCUT2D eigenvalue weighted by atomic mass is 9.94. The van der Waals surface area contributed by atoms with Crippen molar-refractivity contribution in [3.63, 3.8) is 0 Å². The van der Waals surface area contributed by atoms with Crippen LogP contribution in [0.4, 0.5) is 5.82 Å². The Balaban J connectivity index is 2.24. The van der Waals surface area contributed by atoms with E-state index in [1.807, 2.05) is 13.0 Å². The molecule has 1 aliphatic carbocycles. The second-order valence-electron chi connectivity index (χ2n) is 4.99. The van der Waals surface area contributed by atoms with Crippen LogP contribution >= 0.6 is 11.6 Å². The number of aromatic nitrogens is 2. The van der Waals surface area contributed by atoms with Gasteiger partial charge in [-0.05, 0) is 19.8 Å². The van der Waals surface area contributed by atoms with Gasteiger partial charge < -0.3 is 9.64 Å². The Hall–Kier alpha value is -1.03. The van der Waals surface area contributed by atoms with E-state index < -0.39 is 0 Å². The molecule has 1 fully saturated rings. The molecule has 0 amide bonds. The largest absolute Gasteiger partial charge is 0.481 e. The molecule has 0 spiro atoms. The number of alkyl halides is 1. The monoisotopic (exact) mass is 283 g/mol. The van der Waals surface area contributed by atoms with Gasteiger partial charge in [-0.2, -0.15) is 4.98 Å². The zero-order chi connectivity index (χ0) is 13.7. The molecule has 0 saturated heterocycles. The van der Waals surface area contributed by atoms with Crippen LogP contribution in [0.3, 0.4) is 0 Å². The number of nitrogens with zero attached hydrogens (tertiary/aromatic N) is 3. The average molecular weight is 284 g/mol. The van der Waals surface area contributed by atoms with Crippen molar-refractivity contribution < 1.29 is 4.74 Å². The fraction of sp³-hybridized carbons (Fsp3) is 0.714. The molecular weight excluding hydrogens is 262 g/mol. The molecule has 1 aliphatic rings. The maximum atomic E-state index is 5.96. The van der Waals surface area contributed by atoms with Crippen LogP contribution in [0.1, 0.15) is 37.9 Å². The number of ether oxygens (including phenoxy) is 1. The lowest BCUT2D eigenvalue weighted by molar-refractivity contribution is 0.392. The lowest BCUT2D eigenvalue weighted by Gasteiger charge is -2.35. The van der Waals surface area contributed by atoms with Gasteiger partial charge in [0.1, 0.15) is 11.6 Å². The number of aryl methyl sites for hydroxylation is 1. The second kappa shape index (κ2) is 6.94. The van der Waals surface area contributed by atoms with Crippen LogP contribution in [0, 0.1) is 6.92 Å². The number of hydrogen-bond acceptors (Lipinski definition) is 4. The van der Waals surface area contributed by atoms with Gasteiger partial charge in [-0.25, -0.2) is 4.98 Å². The van der Waals surface area contributed by atoms with Gasteiger partial charge in [0.2, 0.25) is 5.88 Å². The minimum Gasteiger partial charge on any atom is -0.481 e. The fourth-order valence-electron chi connectivity index (χ4n) is 2.74. The third-order valence-corrected chi connectivity index (χ3v) is 3.81. The molecule has 1 aromatic rings. The molecule has 0 aromatic carbocycles. The minimum atomic E-state index is 0.548. The molecule has 0 atom stereocenters. The summed E-state index contributed by atoms with van der Waals surface area (Å²) in [6.07, 6.45) is 6.39. The van der Waals surface area contributed by atoms with Gasteiger partial charge in [-0.15, -0.1) is 11.6 Å². The average Bonchev–Trinajstić information content (AvgIpc) is 2.45. The van der Waals surface area contributed by atoms with Crippen LogP contribution in [0.5, 0.6) is 5.88 Å². The molecular formula is C14H22ClN3O. The quantitative estimate of drug-likeness (QED) is 0.778. The Bertz CT molecular complexity index is 408. The maximum absolute atomic E-state index is 5.96. The van der Waals surface area contributed by atoms with Crippen molar-refractivity contribution in [3.8, 4) is 5.88 Å². The van der Waals surface area contributed by atoms with Crippen molar-refractivity contribution in [1.82, 2.24) is 9.97 Å². The molecule has 0 bridgehead atoms. The third-order valence-electron chi connectivity index (χ3n) is 3.65. The van der Waals surface area contributed by atoms with E-state index in [1.54, 1.807) is 7.11 Å². The summed E-state index contributed by atoms with van der Waals surface area (Å²) in [6, 6.07) is 2.46. The normalized spacial score (nSPS) is 16.4. The molecule has 1 saturated carbocycles. The summed E-state index contributed by atoms with van der Waals surface area (Å²) in [5.74, 6) is 2.92. The van der Waals surface area contributed by atoms with E-state index in [2.05, 4.69) is 14.9 Å². The van der Waals surface area contributed by atoms with Gasteiger partial charge in [0.05, 0.1) is 7.11 Å². The van der Waals surface area contributed by atoms with E-state index in [9.17, 15) is 0 Å². The Kier molecular flexibility index (Phi) is 5.25. The molecule has 5 heteroatoms. The minimum absolute atomic E-state index is 0.548. The fourth-order valence-corrected chi connectivity index (χ4v) is 2.93. The SMILES string of the molecule is COc1cc(N(CCCl)C2CCCCC2)nc(C)n1. The van der Waals surface area contributed by atoms with E-state index in [-0.39, 0.29) is 0 Å². The van der Waals surface area contributed by atoms with Gasteiger partial charge >= 0.3 is 0 Å². The molecule has 1 heterocycles. The number of hydrogen-bond donors (Lipinski definition) is 0. The van der Waals surface area contributed by atoms with E-state index in [1.165, 1.54) is 32.1 Å². The van der Waals surface area contributed by atoms with Gasteiger partial charge in [0, 0.05) is 24.5 Å². The zero-order valence-electron chi connectivity index (χ0n) is 11.7. The lowest BCUT2D eigenvalue weighted by Crippen LogP contribution is -2.39. The predicted octanol–water partition coefficient (Wildman–Crippen LogP) is 3.17. The Labute approximate surface area is 120 Å². The van der Waals surface area contributed by atoms with Crippen LogP contribution in [-0.4, -0.2) is 35.5 Å². The summed E-state index contributed by atoms with van der Waals surface area (Å²) < 4.78 is 5.24. The molecule has 19 heavy (non-hydrogen) atoms. The number of methoxy groups -OCH3 is 1. The van der Waals surface area contributed by atoms with Crippen LogP contribution in [0.25, 0.3) is 0 Å². The zero-order valence-corrected chi connectivity index (χ0v) is 12.5. The van der Waals surface area contributed by atoms with E-state index in [4.69, 9.17) is 16.3 Å². The first-order valence-corrected chi connectivity index (χ1v) is 7.50. The van der Waals surface area contributed by atoms with Gasteiger partial charge in [-0.1, -0.05) is 19.3 Å². The highest BCUT2D eigenvalue weighted by Gasteiger charge is 2.22. The van der Waals surface area contributed by atoms with Crippen molar-refractivity contribution in [3.05, 3.63) is 11.9 Å². The summed E-state index contributed by atoms with van der Waals surface area (Å²) in [4.78, 5) is 11.1. The van der Waals surface area contributed by atoms with Gasteiger partial charge in [0.15, 0.2) is 0 Å². The maximum Gasteiger partial charge on any atom is 0.218 e. The van der Waals surface area contributed by atoms with Crippen molar-refractivity contribution in [1.29, 1.82) is 0 Å². The molecule has 4 nitrogen and oxygen atoms in total. The topological polar surface area (TPSA) is 38.2 Å². The Morgan fingerprint density at radius 3 is 2.68 bits per heavy atom. The summed E-state index contributed by atoms with van der Waals surface area (Å²) in [7, 11) is 1.64. The van der Waals surface area contributed by atoms with Gasteiger partial charge in [-0.3, -0.25) is 0 Å². The van der Waals surface area contributed by atoms with E-state index in [0.717, 1.165) is 18.2 Å². The molecule has 0 aliphatic heterocycles. The van der Waals surface area contributed by atoms with Crippen LogP contribution in [0.15, 0.2) is 6.07 Å². The number of anilines is 1. The third kappa shape index (κ3) is 3.72. The second-order valence-corrected chi connectivity index (χ2v) is 5.37. The van der Waals surface area contributed by atoms with Crippen LogP contribution < -0.4 is 9.64 Å². The summed E-state index contributed by atoms with van der Waals surface area (Å²) in [5.41, 5.74) is 0. The first-order chi connectivity index (χ1) is 9.24. The Morgan fingerprint density at radius 2 is 2.05 bits per heavy atom. The highest BCUT2D eigenvalue weighted by molar-refractivity contribution is 6.18. The molecule has 0 unspecified atom stereocenters. The smallest absolute Gasteiger partial charge is 0.218 e. The van der Waals surface area contributed by atoms with Crippen molar-refractivity contribution in [2.24, 2.45) is 0 Å².